The lowest BCUT2D eigenvalue weighted by molar-refractivity contribution is -0.120. The SMILES string of the molecule is CN(C)CCNC(=O)C/C=C1/N=CC=C(c2ccc(-c3ccccc3)cc2)N1N. The maximum Gasteiger partial charge on any atom is 0.223 e. The van der Waals surface area contributed by atoms with E-state index in [2.05, 4.69) is 34.6 Å². The molecule has 150 valence electrons. The number of nitrogens with two attached hydrogens (primary N) is 1. The second-order valence-electron chi connectivity index (χ2n) is 7.06. The Morgan fingerprint density at radius 2 is 1.72 bits per heavy atom. The van der Waals surface area contributed by atoms with Crippen LogP contribution in [0.2, 0.25) is 0 Å². The minimum Gasteiger partial charge on any atom is -0.355 e. The maximum absolute atomic E-state index is 12.0. The van der Waals surface area contributed by atoms with Crippen molar-refractivity contribution in [3.63, 3.8) is 0 Å². The van der Waals surface area contributed by atoms with Gasteiger partial charge in [-0.3, -0.25) is 9.80 Å². The van der Waals surface area contributed by atoms with Crippen LogP contribution in [0, 0.1) is 0 Å². The van der Waals surface area contributed by atoms with Crippen molar-refractivity contribution >= 4 is 17.8 Å². The van der Waals surface area contributed by atoms with E-state index in [1.165, 1.54) is 10.6 Å². The fourth-order valence-electron chi connectivity index (χ4n) is 2.98. The molecule has 0 aromatic heterocycles. The molecule has 0 radical (unpaired) electrons. The predicted octanol–water partition coefficient (Wildman–Crippen LogP) is 2.86. The molecule has 0 unspecified atom stereocenters. The van der Waals surface area contributed by atoms with Crippen LogP contribution in [0.1, 0.15) is 12.0 Å². The Morgan fingerprint density at radius 1 is 1.07 bits per heavy atom. The number of hydrogen-bond donors (Lipinski definition) is 2. The highest BCUT2D eigenvalue weighted by molar-refractivity contribution is 5.87. The van der Waals surface area contributed by atoms with E-state index in [4.69, 9.17) is 5.84 Å². The standard InChI is InChI=1S/C23H27N5O/c1-27(2)17-16-26-23(29)13-12-22-25-15-14-21(28(22)24)20-10-8-19(9-11-20)18-6-4-3-5-7-18/h3-12,14-15H,13,16-17,24H2,1-2H3,(H,26,29)/b22-12-. The smallest absolute Gasteiger partial charge is 0.223 e. The van der Waals surface area contributed by atoms with Gasteiger partial charge in [0.2, 0.25) is 5.91 Å². The number of aliphatic imine (C=N–C) groups is 1. The van der Waals surface area contributed by atoms with Crippen LogP contribution in [0.25, 0.3) is 16.8 Å². The molecule has 2 aromatic rings. The van der Waals surface area contributed by atoms with Crippen molar-refractivity contribution in [2.24, 2.45) is 10.8 Å². The van der Waals surface area contributed by atoms with Gasteiger partial charge in [0.15, 0.2) is 0 Å². The molecule has 0 spiro atoms. The lowest BCUT2D eigenvalue weighted by atomic mass is 10.0. The molecule has 1 aliphatic rings. The van der Waals surface area contributed by atoms with Crippen molar-refractivity contribution < 1.29 is 4.79 Å². The number of hydrazine groups is 1. The Morgan fingerprint density at radius 3 is 2.41 bits per heavy atom. The molecule has 6 heteroatoms. The molecule has 1 aliphatic heterocycles. The highest BCUT2D eigenvalue weighted by Gasteiger charge is 2.15. The summed E-state index contributed by atoms with van der Waals surface area (Å²) in [7, 11) is 3.94. The summed E-state index contributed by atoms with van der Waals surface area (Å²) >= 11 is 0. The lowest BCUT2D eigenvalue weighted by Gasteiger charge is -2.25. The normalized spacial score (nSPS) is 15.0. The third-order valence-electron chi connectivity index (χ3n) is 4.58. The number of likely N-dealkylation sites (N-methyl/N-ethyl adjacent to an activating group) is 1. The minimum absolute atomic E-state index is 0.0498. The first-order valence-electron chi connectivity index (χ1n) is 9.61. The zero-order valence-corrected chi connectivity index (χ0v) is 16.9. The zero-order chi connectivity index (χ0) is 20.6. The number of carbonyl (C=O) groups excluding carboxylic acids is 1. The van der Waals surface area contributed by atoms with Crippen molar-refractivity contribution in [1.29, 1.82) is 0 Å². The molecule has 0 fully saturated rings. The van der Waals surface area contributed by atoms with Gasteiger partial charge in [-0.1, -0.05) is 54.6 Å². The second-order valence-corrected chi connectivity index (χ2v) is 7.06. The molecule has 3 rings (SSSR count). The molecule has 6 nitrogen and oxygen atoms in total. The van der Waals surface area contributed by atoms with Crippen LogP contribution >= 0.6 is 0 Å². The number of hydrogen-bond acceptors (Lipinski definition) is 5. The Bertz CT molecular complexity index is 914. The highest BCUT2D eigenvalue weighted by Crippen LogP contribution is 2.26. The van der Waals surface area contributed by atoms with Crippen molar-refractivity contribution in [2.45, 2.75) is 6.42 Å². The number of allylic oxidation sites excluding steroid dienone is 1. The summed E-state index contributed by atoms with van der Waals surface area (Å²) in [4.78, 5) is 18.3. The summed E-state index contributed by atoms with van der Waals surface area (Å²) in [6.07, 6.45) is 5.55. The van der Waals surface area contributed by atoms with Crippen LogP contribution < -0.4 is 11.2 Å². The van der Waals surface area contributed by atoms with Crippen molar-refractivity contribution in [1.82, 2.24) is 15.2 Å². The first kappa shape index (κ1) is 20.5. The fraction of sp³-hybridized carbons (Fsp3) is 0.217. The Kier molecular flexibility index (Phi) is 6.94. The van der Waals surface area contributed by atoms with Crippen LogP contribution in [0.15, 0.2) is 77.6 Å². The third kappa shape index (κ3) is 5.63. The maximum atomic E-state index is 12.0. The predicted molar refractivity (Wildman–Crippen MR) is 119 cm³/mol. The van der Waals surface area contributed by atoms with E-state index in [9.17, 15) is 4.79 Å². The lowest BCUT2D eigenvalue weighted by Crippen LogP contribution is -2.32. The van der Waals surface area contributed by atoms with Crippen molar-refractivity contribution in [2.75, 3.05) is 27.2 Å². The van der Waals surface area contributed by atoms with Gasteiger partial charge in [0.1, 0.15) is 5.82 Å². The van der Waals surface area contributed by atoms with E-state index in [1.807, 2.05) is 55.4 Å². The molecule has 0 saturated heterocycles. The number of rotatable bonds is 7. The van der Waals surface area contributed by atoms with Gasteiger partial charge in [0.25, 0.3) is 0 Å². The number of nitrogens with zero attached hydrogens (tertiary/aromatic N) is 3. The van der Waals surface area contributed by atoms with Gasteiger partial charge in [-0.05, 0) is 42.9 Å². The monoisotopic (exact) mass is 389 g/mol. The van der Waals surface area contributed by atoms with Gasteiger partial charge in [-0.2, -0.15) is 0 Å². The molecule has 29 heavy (non-hydrogen) atoms. The van der Waals surface area contributed by atoms with E-state index < -0.39 is 0 Å². The quantitative estimate of drug-likeness (QED) is 0.714. The Hall–Kier alpha value is -3.22. The van der Waals surface area contributed by atoms with Gasteiger partial charge in [0, 0.05) is 25.7 Å². The van der Waals surface area contributed by atoms with Gasteiger partial charge < -0.3 is 10.2 Å². The van der Waals surface area contributed by atoms with Crippen LogP contribution in [-0.2, 0) is 4.79 Å². The first-order valence-corrected chi connectivity index (χ1v) is 9.61. The topological polar surface area (TPSA) is 74.0 Å². The molecule has 0 aliphatic carbocycles. The molecule has 1 heterocycles. The summed E-state index contributed by atoms with van der Waals surface area (Å²) < 4.78 is 0. The Balaban J connectivity index is 1.65. The number of amides is 1. The third-order valence-corrected chi connectivity index (χ3v) is 4.58. The zero-order valence-electron chi connectivity index (χ0n) is 16.9. The highest BCUT2D eigenvalue weighted by atomic mass is 16.1. The molecule has 0 bridgehead atoms. The summed E-state index contributed by atoms with van der Waals surface area (Å²) in [5.41, 5.74) is 4.13. The van der Waals surface area contributed by atoms with E-state index in [0.29, 0.717) is 12.4 Å². The average Bonchev–Trinajstić information content (AvgIpc) is 2.73. The van der Waals surface area contributed by atoms with Crippen molar-refractivity contribution in [3.05, 3.63) is 78.1 Å². The number of carbonyl (C=O) groups is 1. The van der Waals surface area contributed by atoms with E-state index in [-0.39, 0.29) is 12.3 Å². The van der Waals surface area contributed by atoms with Crippen molar-refractivity contribution in [3.8, 4) is 11.1 Å². The molecule has 0 saturated carbocycles. The van der Waals surface area contributed by atoms with Crippen LogP contribution in [0.4, 0.5) is 0 Å². The molecular weight excluding hydrogens is 362 g/mol. The number of benzene rings is 2. The van der Waals surface area contributed by atoms with E-state index >= 15 is 0 Å². The second kappa shape index (κ2) is 9.82. The molecular formula is C23H27N5O. The molecule has 3 N–H and O–H groups in total. The summed E-state index contributed by atoms with van der Waals surface area (Å²) in [6.45, 7) is 1.42. The van der Waals surface area contributed by atoms with Gasteiger partial charge in [-0.15, -0.1) is 0 Å². The number of nitrogens with one attached hydrogen (secondary N) is 1. The Labute approximate surface area is 172 Å². The summed E-state index contributed by atoms with van der Waals surface area (Å²) in [5, 5.41) is 4.40. The van der Waals surface area contributed by atoms with Crippen LogP contribution in [-0.4, -0.2) is 49.2 Å². The fourth-order valence-corrected chi connectivity index (χ4v) is 2.98. The summed E-state index contributed by atoms with van der Waals surface area (Å²) in [6, 6.07) is 18.5. The van der Waals surface area contributed by atoms with Gasteiger partial charge >= 0.3 is 0 Å². The van der Waals surface area contributed by atoms with Crippen LogP contribution in [0.5, 0.6) is 0 Å². The summed E-state index contributed by atoms with van der Waals surface area (Å²) in [5.74, 6) is 6.78. The largest absolute Gasteiger partial charge is 0.355 e. The molecule has 0 atom stereocenters. The first-order chi connectivity index (χ1) is 14.0. The minimum atomic E-state index is -0.0498. The molecule has 1 amide bonds. The molecule has 2 aromatic carbocycles. The van der Waals surface area contributed by atoms with Gasteiger partial charge in [-0.25, -0.2) is 10.8 Å². The van der Waals surface area contributed by atoms with Gasteiger partial charge in [0.05, 0.1) is 5.70 Å². The van der Waals surface area contributed by atoms with E-state index in [1.54, 1.807) is 12.3 Å². The van der Waals surface area contributed by atoms with E-state index in [0.717, 1.165) is 23.4 Å². The van der Waals surface area contributed by atoms with Crippen LogP contribution in [0.3, 0.4) is 0 Å². The average molecular weight is 390 g/mol.